The van der Waals surface area contributed by atoms with E-state index in [1.165, 1.54) is 0 Å². The Kier molecular flexibility index (Phi) is 1.59. The fourth-order valence-corrected chi connectivity index (χ4v) is 0.681. The molecule has 0 aliphatic rings. The van der Waals surface area contributed by atoms with Crippen molar-refractivity contribution < 1.29 is 14.8 Å². The van der Waals surface area contributed by atoms with Crippen molar-refractivity contribution in [3.8, 4) is 5.88 Å². The molecule has 0 aliphatic heterocycles. The predicted octanol–water partition coefficient (Wildman–Crippen LogP) is 0.441. The smallest absolute Gasteiger partial charge is 0.301 e. The molecule has 0 unspecified atom stereocenters. The van der Waals surface area contributed by atoms with Crippen molar-refractivity contribution in [3.63, 3.8) is 0 Å². The van der Waals surface area contributed by atoms with Gasteiger partial charge in [-0.15, -0.1) is 0 Å². The van der Waals surface area contributed by atoms with E-state index >= 15 is 0 Å². The summed E-state index contributed by atoms with van der Waals surface area (Å²) < 4.78 is 0. The molecule has 0 saturated carbocycles. The minimum atomic E-state index is -0.750. The molecule has 0 spiro atoms. The molecule has 6 nitrogen and oxygen atoms in total. The molecular weight excluding hydrogens is 152 g/mol. The van der Waals surface area contributed by atoms with Crippen LogP contribution in [0.5, 0.6) is 5.88 Å². The van der Waals surface area contributed by atoms with Gasteiger partial charge >= 0.3 is 5.69 Å². The molecule has 1 aromatic rings. The van der Waals surface area contributed by atoms with Crippen LogP contribution in [-0.4, -0.2) is 21.3 Å². The van der Waals surface area contributed by atoms with Crippen LogP contribution in [0.2, 0.25) is 0 Å². The second kappa shape index (κ2) is 2.41. The molecule has 0 bridgehead atoms. The molecule has 0 aromatic carbocycles. The minimum absolute atomic E-state index is 0.226. The monoisotopic (exact) mass is 156 g/mol. The van der Waals surface area contributed by atoms with E-state index in [1.807, 2.05) is 0 Å². The van der Waals surface area contributed by atoms with Gasteiger partial charge in [-0.05, 0) is 0 Å². The molecule has 0 amide bonds. The maximum atomic E-state index is 10.1. The third kappa shape index (κ3) is 1.05. The fourth-order valence-electron chi connectivity index (χ4n) is 0.681. The largest absolute Gasteiger partial charge is 0.494 e. The standard InChI is InChI=1S/C5H4N2O4/c8-2-3-4(7(10)11)1-6-5(3)9/h1-2,6,9H. The number of nitrogens with one attached hydrogen (secondary N) is 1. The molecule has 1 heterocycles. The Hall–Kier alpha value is -1.85. The zero-order valence-corrected chi connectivity index (χ0v) is 5.27. The summed E-state index contributed by atoms with van der Waals surface area (Å²) in [6, 6.07) is 0. The lowest BCUT2D eigenvalue weighted by Gasteiger charge is -1.85. The molecule has 2 N–H and O–H groups in total. The van der Waals surface area contributed by atoms with Gasteiger partial charge in [0.1, 0.15) is 0 Å². The van der Waals surface area contributed by atoms with Crippen molar-refractivity contribution >= 4 is 12.0 Å². The van der Waals surface area contributed by atoms with Crippen molar-refractivity contribution in [3.05, 3.63) is 21.9 Å². The zero-order chi connectivity index (χ0) is 8.43. The van der Waals surface area contributed by atoms with Crippen LogP contribution in [0.1, 0.15) is 10.4 Å². The summed E-state index contributed by atoms with van der Waals surface area (Å²) in [5.41, 5.74) is -0.743. The molecule has 11 heavy (non-hydrogen) atoms. The van der Waals surface area contributed by atoms with Crippen LogP contribution >= 0.6 is 0 Å². The lowest BCUT2D eigenvalue weighted by atomic mass is 10.3. The van der Waals surface area contributed by atoms with Gasteiger partial charge in [-0.3, -0.25) is 14.9 Å². The van der Waals surface area contributed by atoms with Crippen molar-refractivity contribution in [1.29, 1.82) is 0 Å². The topological polar surface area (TPSA) is 96.2 Å². The van der Waals surface area contributed by atoms with E-state index in [9.17, 15) is 14.9 Å². The van der Waals surface area contributed by atoms with Gasteiger partial charge in [0.15, 0.2) is 11.8 Å². The molecule has 0 atom stereocenters. The van der Waals surface area contributed by atoms with Gasteiger partial charge in [0.2, 0.25) is 5.88 Å². The van der Waals surface area contributed by atoms with Crippen LogP contribution in [0.25, 0.3) is 0 Å². The molecule has 0 radical (unpaired) electrons. The van der Waals surface area contributed by atoms with Crippen LogP contribution in [0, 0.1) is 10.1 Å². The van der Waals surface area contributed by atoms with Crippen molar-refractivity contribution in [2.24, 2.45) is 0 Å². The third-order valence-electron chi connectivity index (χ3n) is 1.19. The summed E-state index contributed by atoms with van der Waals surface area (Å²) >= 11 is 0. The summed E-state index contributed by atoms with van der Waals surface area (Å²) in [6.07, 6.45) is 1.18. The number of aldehydes is 1. The zero-order valence-electron chi connectivity index (χ0n) is 5.27. The number of nitro groups is 1. The van der Waals surface area contributed by atoms with Gasteiger partial charge in [-0.2, -0.15) is 0 Å². The van der Waals surface area contributed by atoms with Gasteiger partial charge in [0.25, 0.3) is 0 Å². The fraction of sp³-hybridized carbons (Fsp3) is 0. The second-order valence-electron chi connectivity index (χ2n) is 1.81. The number of carbonyl (C=O) groups excluding carboxylic acids is 1. The highest BCUT2D eigenvalue weighted by atomic mass is 16.6. The first-order valence-corrected chi connectivity index (χ1v) is 2.66. The first kappa shape index (κ1) is 7.26. The van der Waals surface area contributed by atoms with E-state index in [-0.39, 0.29) is 11.8 Å². The number of aromatic amines is 1. The summed E-state index contributed by atoms with van der Waals surface area (Å²) in [5.74, 6) is -0.480. The Labute approximate surface area is 60.6 Å². The number of carbonyl (C=O) groups is 1. The van der Waals surface area contributed by atoms with Gasteiger partial charge in [0.05, 0.1) is 11.1 Å². The normalized spacial score (nSPS) is 9.45. The number of nitrogens with zero attached hydrogens (tertiary/aromatic N) is 1. The number of aromatic nitrogens is 1. The predicted molar refractivity (Wildman–Crippen MR) is 34.5 cm³/mol. The Bertz CT molecular complexity index is 303. The van der Waals surface area contributed by atoms with E-state index in [4.69, 9.17) is 5.11 Å². The molecule has 0 saturated heterocycles. The molecule has 0 fully saturated rings. The summed E-state index contributed by atoms with van der Waals surface area (Å²) in [6.45, 7) is 0. The molecule has 1 rings (SSSR count). The molecule has 0 aliphatic carbocycles. The number of rotatable bonds is 2. The Morgan fingerprint density at radius 2 is 2.36 bits per heavy atom. The van der Waals surface area contributed by atoms with Crippen molar-refractivity contribution in [2.75, 3.05) is 0 Å². The van der Waals surface area contributed by atoms with Crippen LogP contribution in [0.3, 0.4) is 0 Å². The number of H-pyrrole nitrogens is 1. The van der Waals surface area contributed by atoms with Crippen LogP contribution in [0.15, 0.2) is 6.20 Å². The average molecular weight is 156 g/mol. The van der Waals surface area contributed by atoms with E-state index in [1.54, 1.807) is 0 Å². The summed E-state index contributed by atoms with van der Waals surface area (Å²) in [4.78, 5) is 21.6. The highest BCUT2D eigenvalue weighted by Crippen LogP contribution is 2.23. The molecule has 58 valence electrons. The highest BCUT2D eigenvalue weighted by Gasteiger charge is 2.18. The number of hydrogen-bond donors (Lipinski definition) is 2. The maximum Gasteiger partial charge on any atom is 0.301 e. The number of hydrogen-bond acceptors (Lipinski definition) is 4. The minimum Gasteiger partial charge on any atom is -0.494 e. The molecular formula is C5H4N2O4. The second-order valence-corrected chi connectivity index (χ2v) is 1.81. The molecule has 1 aromatic heterocycles. The van der Waals surface area contributed by atoms with Gasteiger partial charge in [0, 0.05) is 0 Å². The number of aromatic hydroxyl groups is 1. The van der Waals surface area contributed by atoms with Crippen LogP contribution in [0.4, 0.5) is 5.69 Å². The van der Waals surface area contributed by atoms with Crippen molar-refractivity contribution in [2.45, 2.75) is 0 Å². The Morgan fingerprint density at radius 3 is 2.73 bits per heavy atom. The van der Waals surface area contributed by atoms with Crippen molar-refractivity contribution in [1.82, 2.24) is 4.98 Å². The lowest BCUT2D eigenvalue weighted by molar-refractivity contribution is -0.384. The van der Waals surface area contributed by atoms with Gasteiger partial charge in [-0.25, -0.2) is 0 Å². The van der Waals surface area contributed by atoms with E-state index in [0.717, 1.165) is 6.20 Å². The summed E-state index contributed by atoms with van der Waals surface area (Å²) in [7, 11) is 0. The lowest BCUT2D eigenvalue weighted by Crippen LogP contribution is -1.89. The van der Waals surface area contributed by atoms with Crippen LogP contribution in [-0.2, 0) is 0 Å². The van der Waals surface area contributed by atoms with E-state index in [2.05, 4.69) is 4.98 Å². The first-order valence-electron chi connectivity index (χ1n) is 2.66. The average Bonchev–Trinajstić information content (AvgIpc) is 2.30. The van der Waals surface area contributed by atoms with Crippen LogP contribution < -0.4 is 0 Å². The van der Waals surface area contributed by atoms with Gasteiger partial charge < -0.3 is 10.1 Å². The highest BCUT2D eigenvalue weighted by molar-refractivity contribution is 5.84. The SMILES string of the molecule is O=Cc1c([N+](=O)[O-])c[nH]c1O. The third-order valence-corrected chi connectivity index (χ3v) is 1.19. The maximum absolute atomic E-state index is 10.1. The first-order chi connectivity index (χ1) is 5.16. The van der Waals surface area contributed by atoms with E-state index < -0.39 is 16.5 Å². The Morgan fingerprint density at radius 1 is 1.73 bits per heavy atom. The Balaban J connectivity index is 3.26. The van der Waals surface area contributed by atoms with Gasteiger partial charge in [-0.1, -0.05) is 0 Å². The molecule has 6 heteroatoms. The summed E-state index contributed by atoms with van der Waals surface area (Å²) in [5, 5.41) is 18.9. The quantitative estimate of drug-likeness (QED) is 0.369. The van der Waals surface area contributed by atoms with E-state index in [0.29, 0.717) is 0 Å².